The molecule has 200 valence electrons. The molecule has 2 heterocycles. The van der Waals surface area contributed by atoms with Gasteiger partial charge in [-0.15, -0.1) is 0 Å². The molecule has 0 aromatic carbocycles. The molecule has 5 rings (SSSR count). The fraction of sp³-hybridized carbons (Fsp3) is 0.667. The molecular formula is C30H38O7. The molecular weight excluding hydrogens is 472 g/mol. The van der Waals surface area contributed by atoms with Crippen molar-refractivity contribution in [2.75, 3.05) is 0 Å². The van der Waals surface area contributed by atoms with Crippen LogP contribution in [-0.2, 0) is 28.7 Å². The molecule has 7 heteroatoms. The summed E-state index contributed by atoms with van der Waals surface area (Å²) in [4.78, 5) is 50.8. The molecule has 1 N–H and O–H groups in total. The van der Waals surface area contributed by atoms with Crippen LogP contribution in [0.25, 0.3) is 0 Å². The molecule has 37 heavy (non-hydrogen) atoms. The molecule has 0 unspecified atom stereocenters. The maximum absolute atomic E-state index is 13.8. The average molecular weight is 511 g/mol. The summed E-state index contributed by atoms with van der Waals surface area (Å²) in [6.45, 7) is 11.0. The number of allylic oxidation sites excluding steroid dienone is 2. The third kappa shape index (κ3) is 3.96. The zero-order valence-electron chi connectivity index (χ0n) is 22.2. The van der Waals surface area contributed by atoms with E-state index in [4.69, 9.17) is 9.47 Å². The van der Waals surface area contributed by atoms with Crippen molar-refractivity contribution in [2.45, 2.75) is 90.4 Å². The van der Waals surface area contributed by atoms with Crippen molar-refractivity contribution in [3.63, 3.8) is 0 Å². The largest absolute Gasteiger partial charge is 0.461 e. The number of hydrogen-bond donors (Lipinski definition) is 1. The predicted octanol–water partition coefficient (Wildman–Crippen LogP) is 4.03. The lowest BCUT2D eigenvalue weighted by Gasteiger charge is -2.48. The smallest absolute Gasteiger partial charge is 0.334 e. The zero-order valence-corrected chi connectivity index (χ0v) is 22.2. The van der Waals surface area contributed by atoms with Crippen molar-refractivity contribution in [3.8, 4) is 0 Å². The SMILES string of the molecule is C=C1C(=O)O[C@@H]2C[C@H](C)[C@@]3(O)C=C(C(C)=O)[C@]4(C[C@H]3C[C@H]12)C(=O)O[C@H]1C[C@@H](C)C(CCC(C)=O)=CC[C@H]14. The van der Waals surface area contributed by atoms with Crippen LogP contribution in [0.5, 0.6) is 0 Å². The number of esters is 2. The average Bonchev–Trinajstić information content (AvgIpc) is 3.09. The number of hydrogen-bond acceptors (Lipinski definition) is 7. The maximum Gasteiger partial charge on any atom is 0.334 e. The van der Waals surface area contributed by atoms with Gasteiger partial charge in [-0.3, -0.25) is 9.59 Å². The highest BCUT2D eigenvalue weighted by atomic mass is 16.6. The maximum atomic E-state index is 13.8. The van der Waals surface area contributed by atoms with Crippen LogP contribution in [0.15, 0.2) is 35.5 Å². The third-order valence-corrected chi connectivity index (χ3v) is 10.1. The van der Waals surface area contributed by atoms with Gasteiger partial charge in [-0.25, -0.2) is 4.79 Å². The molecule has 7 nitrogen and oxygen atoms in total. The Morgan fingerprint density at radius 3 is 2.51 bits per heavy atom. The summed E-state index contributed by atoms with van der Waals surface area (Å²) in [6.07, 6.45) is 6.70. The number of fused-ring (bicyclic) bond motifs is 4. The second-order valence-electron chi connectivity index (χ2n) is 12.2. The van der Waals surface area contributed by atoms with Crippen LogP contribution in [0, 0.1) is 35.0 Å². The van der Waals surface area contributed by atoms with Crippen LogP contribution in [0.1, 0.15) is 72.6 Å². The number of Topliss-reactive ketones (excluding diaryl/α,β-unsaturated/α-hetero) is 2. The van der Waals surface area contributed by atoms with Crippen LogP contribution in [0.4, 0.5) is 0 Å². The van der Waals surface area contributed by atoms with Crippen molar-refractivity contribution in [1.82, 2.24) is 0 Å². The van der Waals surface area contributed by atoms with E-state index >= 15 is 0 Å². The van der Waals surface area contributed by atoms with Crippen molar-refractivity contribution in [1.29, 1.82) is 0 Å². The highest BCUT2D eigenvalue weighted by Gasteiger charge is 2.66. The molecule has 0 radical (unpaired) electrons. The topological polar surface area (TPSA) is 107 Å². The van der Waals surface area contributed by atoms with E-state index in [0.717, 1.165) is 0 Å². The second-order valence-corrected chi connectivity index (χ2v) is 12.2. The van der Waals surface area contributed by atoms with E-state index in [0.29, 0.717) is 49.7 Å². The second kappa shape index (κ2) is 9.04. The van der Waals surface area contributed by atoms with Gasteiger partial charge in [-0.2, -0.15) is 0 Å². The lowest BCUT2D eigenvalue weighted by molar-refractivity contribution is -0.151. The molecule has 5 aliphatic rings. The zero-order chi connectivity index (χ0) is 26.9. The Labute approximate surface area is 218 Å². The first-order chi connectivity index (χ1) is 17.4. The summed E-state index contributed by atoms with van der Waals surface area (Å²) >= 11 is 0. The van der Waals surface area contributed by atoms with Gasteiger partial charge >= 0.3 is 11.9 Å². The van der Waals surface area contributed by atoms with Gasteiger partial charge in [0.2, 0.25) is 0 Å². The Balaban J connectivity index is 1.57. The van der Waals surface area contributed by atoms with Gasteiger partial charge in [-0.1, -0.05) is 32.1 Å². The normalized spacial score (nSPS) is 42.9. The van der Waals surface area contributed by atoms with Crippen molar-refractivity contribution in [2.24, 2.45) is 35.0 Å². The third-order valence-electron chi connectivity index (χ3n) is 10.1. The summed E-state index contributed by atoms with van der Waals surface area (Å²) in [5, 5.41) is 12.1. The first-order valence-electron chi connectivity index (χ1n) is 13.6. The number of ether oxygens (including phenoxy) is 2. The molecule has 2 aliphatic heterocycles. The standard InChI is InChI=1S/C30H38O7/c1-15-10-26-23(9-8-20(15)7-6-17(3)31)29(28(34)37-26)13-21-12-22-18(4)27(33)36-25(22)11-16(2)30(21,35)14-24(29)19(5)32/h8,14-16,21-23,25-26,35H,4,6-7,9-13H2,1-3,5H3/t15-,16+,21-,22-,23-,25-,26+,29-,30+/m1/s1. The van der Waals surface area contributed by atoms with Crippen LogP contribution in [0.2, 0.25) is 0 Å². The van der Waals surface area contributed by atoms with E-state index in [-0.39, 0.29) is 71.7 Å². The summed E-state index contributed by atoms with van der Waals surface area (Å²) in [5.74, 6) is -1.80. The number of carbonyl (C=O) groups is 4. The number of carbonyl (C=O) groups excluding carboxylic acids is 4. The molecule has 9 atom stereocenters. The number of aliphatic hydroxyl groups is 1. The molecule has 0 amide bonds. The Bertz CT molecular complexity index is 1130. The molecule has 1 saturated carbocycles. The Kier molecular flexibility index (Phi) is 6.37. The fourth-order valence-corrected chi connectivity index (χ4v) is 7.95. The lowest BCUT2D eigenvalue weighted by atomic mass is 9.54. The van der Waals surface area contributed by atoms with E-state index in [1.807, 2.05) is 6.92 Å². The molecule has 0 bridgehead atoms. The minimum absolute atomic E-state index is 0.144. The Hall–Kier alpha value is -2.54. The van der Waals surface area contributed by atoms with Gasteiger partial charge in [0.1, 0.15) is 23.4 Å². The quantitative estimate of drug-likeness (QED) is 0.346. The van der Waals surface area contributed by atoms with Gasteiger partial charge in [0.05, 0.1) is 5.60 Å². The van der Waals surface area contributed by atoms with Gasteiger partial charge in [0.25, 0.3) is 0 Å². The summed E-state index contributed by atoms with van der Waals surface area (Å²) < 4.78 is 11.6. The van der Waals surface area contributed by atoms with E-state index < -0.39 is 11.0 Å². The first kappa shape index (κ1) is 26.1. The van der Waals surface area contributed by atoms with E-state index in [9.17, 15) is 24.3 Å². The first-order valence-corrected chi connectivity index (χ1v) is 13.6. The predicted molar refractivity (Wildman–Crippen MR) is 135 cm³/mol. The fourth-order valence-electron chi connectivity index (χ4n) is 7.95. The van der Waals surface area contributed by atoms with E-state index in [1.165, 1.54) is 12.5 Å². The molecule has 1 spiro atoms. The van der Waals surface area contributed by atoms with Gasteiger partial charge in [-0.05, 0) is 76.2 Å². The monoisotopic (exact) mass is 510 g/mol. The summed E-state index contributed by atoms with van der Waals surface area (Å²) in [7, 11) is 0. The van der Waals surface area contributed by atoms with E-state index in [2.05, 4.69) is 19.6 Å². The minimum atomic E-state index is -1.30. The highest BCUT2D eigenvalue weighted by molar-refractivity contribution is 6.03. The Morgan fingerprint density at radius 2 is 1.84 bits per heavy atom. The molecule has 0 aromatic rings. The molecule has 3 aliphatic carbocycles. The lowest BCUT2D eigenvalue weighted by Crippen LogP contribution is -2.53. The van der Waals surface area contributed by atoms with Crippen LogP contribution < -0.4 is 0 Å². The van der Waals surface area contributed by atoms with Crippen molar-refractivity contribution < 1.29 is 33.8 Å². The van der Waals surface area contributed by atoms with Crippen LogP contribution in [-0.4, -0.2) is 46.4 Å². The summed E-state index contributed by atoms with van der Waals surface area (Å²) in [6, 6.07) is 0. The Morgan fingerprint density at radius 1 is 1.11 bits per heavy atom. The van der Waals surface area contributed by atoms with Crippen molar-refractivity contribution >= 4 is 23.5 Å². The van der Waals surface area contributed by atoms with E-state index in [1.54, 1.807) is 13.0 Å². The minimum Gasteiger partial charge on any atom is -0.461 e. The molecule has 3 fully saturated rings. The number of rotatable bonds is 4. The highest BCUT2D eigenvalue weighted by Crippen LogP contribution is 2.61. The van der Waals surface area contributed by atoms with Gasteiger partial charge in [0, 0.05) is 29.4 Å². The molecule has 0 aromatic heterocycles. The molecule has 2 saturated heterocycles. The van der Waals surface area contributed by atoms with Gasteiger partial charge in [0.15, 0.2) is 5.78 Å². The van der Waals surface area contributed by atoms with Crippen molar-refractivity contribution in [3.05, 3.63) is 35.5 Å². The summed E-state index contributed by atoms with van der Waals surface area (Å²) in [5.41, 5.74) is -0.483. The van der Waals surface area contributed by atoms with Crippen LogP contribution in [0.3, 0.4) is 0 Å². The number of ketones is 2. The van der Waals surface area contributed by atoms with Crippen LogP contribution >= 0.6 is 0 Å². The van der Waals surface area contributed by atoms with Gasteiger partial charge < -0.3 is 19.4 Å².